The van der Waals surface area contributed by atoms with Crippen LogP contribution in [0.25, 0.3) is 11.3 Å². The van der Waals surface area contributed by atoms with Gasteiger partial charge in [0.2, 0.25) is 0 Å². The molecule has 3 rings (SSSR count). The highest BCUT2D eigenvalue weighted by atomic mass is 16.2. The molecule has 1 aromatic carbocycles. The van der Waals surface area contributed by atoms with Crippen LogP contribution in [0.2, 0.25) is 0 Å². The first-order chi connectivity index (χ1) is 10.6. The van der Waals surface area contributed by atoms with Crippen LogP contribution in [0.15, 0.2) is 42.7 Å². The number of carbonyl (C=O) groups is 1. The van der Waals surface area contributed by atoms with E-state index in [9.17, 15) is 4.79 Å². The summed E-state index contributed by atoms with van der Waals surface area (Å²) < 4.78 is 1.77. The van der Waals surface area contributed by atoms with Gasteiger partial charge >= 0.3 is 0 Å². The summed E-state index contributed by atoms with van der Waals surface area (Å²) in [7, 11) is 1.84. The van der Waals surface area contributed by atoms with E-state index in [0.29, 0.717) is 11.5 Å². The van der Waals surface area contributed by atoms with Crippen molar-refractivity contribution in [3.63, 3.8) is 0 Å². The molecule has 0 aliphatic rings. The van der Waals surface area contributed by atoms with Crippen molar-refractivity contribution in [3.05, 3.63) is 54.2 Å². The Kier molecular flexibility index (Phi) is 3.69. The number of hydrogen-bond acceptors (Lipinski definition) is 4. The van der Waals surface area contributed by atoms with Crippen LogP contribution in [0, 0.1) is 0 Å². The maximum Gasteiger partial charge on any atom is 0.269 e. The van der Waals surface area contributed by atoms with Crippen molar-refractivity contribution in [2.45, 2.75) is 13.0 Å². The van der Waals surface area contributed by atoms with Crippen LogP contribution in [0.1, 0.15) is 29.3 Å². The first-order valence-electron chi connectivity index (χ1n) is 6.90. The van der Waals surface area contributed by atoms with Crippen LogP contribution in [-0.4, -0.2) is 30.9 Å². The van der Waals surface area contributed by atoms with Crippen molar-refractivity contribution >= 4 is 5.91 Å². The van der Waals surface area contributed by atoms with E-state index in [-0.39, 0.29) is 11.9 Å². The van der Waals surface area contributed by atoms with Crippen molar-refractivity contribution < 1.29 is 4.79 Å². The zero-order valence-corrected chi connectivity index (χ0v) is 12.3. The molecule has 22 heavy (non-hydrogen) atoms. The number of hydrogen-bond donors (Lipinski definition) is 2. The van der Waals surface area contributed by atoms with E-state index >= 15 is 0 Å². The fraction of sp³-hybridized carbons (Fsp3) is 0.200. The summed E-state index contributed by atoms with van der Waals surface area (Å²) in [6.07, 6.45) is 1.60. The monoisotopic (exact) mass is 296 g/mol. The van der Waals surface area contributed by atoms with Gasteiger partial charge in [-0.05, 0) is 13.0 Å². The second-order valence-electron chi connectivity index (χ2n) is 5.03. The summed E-state index contributed by atoms with van der Waals surface area (Å²) in [5.41, 5.74) is 2.10. The summed E-state index contributed by atoms with van der Waals surface area (Å²) in [5.74, 6) is 0.460. The topological polar surface area (TPSA) is 88.5 Å². The summed E-state index contributed by atoms with van der Waals surface area (Å²) >= 11 is 0. The molecule has 0 spiro atoms. The number of H-pyrrole nitrogens is 1. The second kappa shape index (κ2) is 5.80. The Balaban J connectivity index is 1.74. The predicted molar refractivity (Wildman–Crippen MR) is 80.9 cm³/mol. The molecule has 0 saturated carbocycles. The lowest BCUT2D eigenvalue weighted by molar-refractivity contribution is 0.0932. The third-order valence-corrected chi connectivity index (χ3v) is 3.37. The number of aromatic nitrogens is 5. The fourth-order valence-corrected chi connectivity index (χ4v) is 2.22. The van der Waals surface area contributed by atoms with Crippen LogP contribution < -0.4 is 5.32 Å². The van der Waals surface area contributed by atoms with E-state index < -0.39 is 0 Å². The van der Waals surface area contributed by atoms with Crippen LogP contribution >= 0.6 is 0 Å². The predicted octanol–water partition coefficient (Wildman–Crippen LogP) is 1.70. The quantitative estimate of drug-likeness (QED) is 0.767. The van der Waals surface area contributed by atoms with E-state index in [1.54, 1.807) is 17.0 Å². The maximum absolute atomic E-state index is 12.3. The molecule has 0 saturated heterocycles. The van der Waals surface area contributed by atoms with Gasteiger partial charge in [-0.1, -0.05) is 30.3 Å². The van der Waals surface area contributed by atoms with Crippen molar-refractivity contribution in [2.24, 2.45) is 7.05 Å². The van der Waals surface area contributed by atoms with Crippen LogP contribution in [-0.2, 0) is 7.05 Å². The average molecular weight is 296 g/mol. The van der Waals surface area contributed by atoms with E-state index in [1.807, 2.05) is 44.3 Å². The Bertz CT molecular complexity index is 776. The van der Waals surface area contributed by atoms with Gasteiger partial charge in [-0.25, -0.2) is 0 Å². The number of nitrogens with zero attached hydrogens (tertiary/aromatic N) is 4. The van der Waals surface area contributed by atoms with E-state index in [4.69, 9.17) is 0 Å². The first-order valence-corrected chi connectivity index (χ1v) is 6.90. The minimum absolute atomic E-state index is 0.231. The smallest absolute Gasteiger partial charge is 0.269 e. The molecule has 0 aliphatic carbocycles. The average Bonchev–Trinajstić information content (AvgIpc) is 3.17. The zero-order valence-electron chi connectivity index (χ0n) is 12.3. The Labute approximate surface area is 127 Å². The standard InChI is InChI=1S/C15H16N6O/c1-10(14-20-16-9-21(14)2)17-15(22)13-8-12(18-19-13)11-6-4-3-5-7-11/h3-10H,1-2H3,(H,17,22)(H,18,19)/t10-/m1/s1. The molecule has 1 amide bonds. The van der Waals surface area contributed by atoms with E-state index in [2.05, 4.69) is 25.7 Å². The summed E-state index contributed by atoms with van der Waals surface area (Å²) in [4.78, 5) is 12.3. The number of aromatic amines is 1. The SMILES string of the molecule is C[C@@H](NC(=O)c1cc(-c2ccccc2)n[nH]1)c1nncn1C. The van der Waals surface area contributed by atoms with Gasteiger partial charge in [0, 0.05) is 12.6 Å². The fourth-order valence-electron chi connectivity index (χ4n) is 2.22. The molecule has 0 fully saturated rings. The summed E-state index contributed by atoms with van der Waals surface area (Å²) in [5, 5.41) is 17.6. The third kappa shape index (κ3) is 2.73. The Morgan fingerprint density at radius 3 is 2.77 bits per heavy atom. The number of rotatable bonds is 4. The molecular formula is C15H16N6O. The van der Waals surface area contributed by atoms with Crippen LogP contribution in [0.5, 0.6) is 0 Å². The zero-order chi connectivity index (χ0) is 15.5. The lowest BCUT2D eigenvalue weighted by atomic mass is 10.1. The van der Waals surface area contributed by atoms with Gasteiger partial charge in [0.25, 0.3) is 5.91 Å². The lowest BCUT2D eigenvalue weighted by Gasteiger charge is -2.11. The molecule has 7 nitrogen and oxygen atoms in total. The van der Waals surface area contributed by atoms with Crippen molar-refractivity contribution in [1.82, 2.24) is 30.3 Å². The van der Waals surface area contributed by atoms with Gasteiger partial charge in [0.15, 0.2) is 5.82 Å². The van der Waals surface area contributed by atoms with Gasteiger partial charge in [-0.3, -0.25) is 9.89 Å². The minimum atomic E-state index is -0.247. The Hall–Kier alpha value is -2.96. The van der Waals surface area contributed by atoms with Crippen molar-refractivity contribution in [2.75, 3.05) is 0 Å². The molecular weight excluding hydrogens is 280 g/mol. The Morgan fingerprint density at radius 1 is 1.32 bits per heavy atom. The highest BCUT2D eigenvalue weighted by Crippen LogP contribution is 2.17. The number of amides is 1. The normalized spacial score (nSPS) is 12.1. The van der Waals surface area contributed by atoms with Gasteiger partial charge in [-0.2, -0.15) is 5.10 Å². The first kappa shape index (κ1) is 14.0. The molecule has 1 atom stereocenters. The second-order valence-corrected chi connectivity index (χ2v) is 5.03. The summed E-state index contributed by atoms with van der Waals surface area (Å²) in [6, 6.07) is 11.2. The van der Waals surface area contributed by atoms with Gasteiger partial charge < -0.3 is 9.88 Å². The molecule has 0 unspecified atom stereocenters. The number of benzene rings is 1. The number of nitrogens with one attached hydrogen (secondary N) is 2. The largest absolute Gasteiger partial charge is 0.341 e. The molecule has 3 aromatic rings. The number of carbonyl (C=O) groups excluding carboxylic acids is 1. The molecule has 2 N–H and O–H groups in total. The maximum atomic E-state index is 12.3. The van der Waals surface area contributed by atoms with Gasteiger partial charge in [-0.15, -0.1) is 10.2 Å². The van der Waals surface area contributed by atoms with Crippen LogP contribution in [0.4, 0.5) is 0 Å². The molecule has 0 radical (unpaired) electrons. The summed E-state index contributed by atoms with van der Waals surface area (Å²) in [6.45, 7) is 1.86. The third-order valence-electron chi connectivity index (χ3n) is 3.37. The minimum Gasteiger partial charge on any atom is -0.341 e. The highest BCUT2D eigenvalue weighted by molar-refractivity contribution is 5.93. The van der Waals surface area contributed by atoms with Crippen LogP contribution in [0.3, 0.4) is 0 Å². The molecule has 0 bridgehead atoms. The number of aryl methyl sites for hydroxylation is 1. The van der Waals surface area contributed by atoms with Gasteiger partial charge in [0.1, 0.15) is 12.0 Å². The van der Waals surface area contributed by atoms with Crippen molar-refractivity contribution in [1.29, 1.82) is 0 Å². The van der Waals surface area contributed by atoms with E-state index in [0.717, 1.165) is 11.3 Å². The van der Waals surface area contributed by atoms with Gasteiger partial charge in [0.05, 0.1) is 11.7 Å². The highest BCUT2D eigenvalue weighted by Gasteiger charge is 2.17. The molecule has 2 heterocycles. The van der Waals surface area contributed by atoms with E-state index in [1.165, 1.54) is 0 Å². The van der Waals surface area contributed by atoms with Crippen molar-refractivity contribution in [3.8, 4) is 11.3 Å². The molecule has 0 aliphatic heterocycles. The lowest BCUT2D eigenvalue weighted by Crippen LogP contribution is -2.28. The molecule has 112 valence electrons. The molecule has 2 aromatic heterocycles. The molecule has 7 heteroatoms. The Morgan fingerprint density at radius 2 is 2.09 bits per heavy atom.